The van der Waals surface area contributed by atoms with Crippen molar-refractivity contribution < 1.29 is 23.8 Å². The van der Waals surface area contributed by atoms with Gasteiger partial charge in [0.2, 0.25) is 11.7 Å². The van der Waals surface area contributed by atoms with Crippen molar-refractivity contribution in [3.05, 3.63) is 100 Å². The number of ether oxygens (including phenoxy) is 3. The van der Waals surface area contributed by atoms with Crippen LogP contribution in [0, 0.1) is 13.8 Å². The van der Waals surface area contributed by atoms with E-state index in [-0.39, 0.29) is 18.2 Å². The number of rotatable bonds is 14. The molecule has 0 aliphatic heterocycles. The van der Waals surface area contributed by atoms with Gasteiger partial charge in [0.15, 0.2) is 16.7 Å². The van der Waals surface area contributed by atoms with Crippen molar-refractivity contribution in [3.63, 3.8) is 0 Å². The highest BCUT2D eigenvalue weighted by molar-refractivity contribution is 7.99. The van der Waals surface area contributed by atoms with E-state index in [0.717, 1.165) is 28.3 Å². The zero-order chi connectivity index (χ0) is 35.8. The van der Waals surface area contributed by atoms with Crippen LogP contribution in [0.3, 0.4) is 0 Å². The van der Waals surface area contributed by atoms with Crippen LogP contribution >= 0.6 is 23.1 Å². The number of hydrogen-bond donors (Lipinski definition) is 1. The molecule has 260 valence electrons. The van der Waals surface area contributed by atoms with Gasteiger partial charge in [0.05, 0.1) is 39.3 Å². The third kappa shape index (κ3) is 8.71. The quantitative estimate of drug-likeness (QED) is 0.0972. The molecule has 0 radical (unpaired) electrons. The molecule has 0 aliphatic rings. The second-order valence-electron chi connectivity index (χ2n) is 11.5. The number of thiazole rings is 1. The molecule has 0 saturated heterocycles. The summed E-state index contributed by atoms with van der Waals surface area (Å²) in [6, 6.07) is 21.4. The van der Waals surface area contributed by atoms with E-state index in [2.05, 4.69) is 15.3 Å². The van der Waals surface area contributed by atoms with E-state index < -0.39 is 11.9 Å². The van der Waals surface area contributed by atoms with E-state index in [0.29, 0.717) is 38.7 Å². The first-order valence-electron chi connectivity index (χ1n) is 15.7. The normalized spacial score (nSPS) is 11.4. The minimum Gasteiger partial charge on any atom is -0.493 e. The van der Waals surface area contributed by atoms with Crippen LogP contribution in [0.15, 0.2) is 83.3 Å². The van der Waals surface area contributed by atoms with Crippen molar-refractivity contribution in [2.75, 3.05) is 51.4 Å². The van der Waals surface area contributed by atoms with Gasteiger partial charge in [-0.3, -0.25) is 9.59 Å². The van der Waals surface area contributed by atoms with Crippen molar-refractivity contribution in [2.24, 2.45) is 0 Å². The summed E-state index contributed by atoms with van der Waals surface area (Å²) in [6.45, 7) is 3.82. The van der Waals surface area contributed by atoms with Crippen LogP contribution in [0.25, 0.3) is 11.3 Å². The van der Waals surface area contributed by atoms with Gasteiger partial charge >= 0.3 is 0 Å². The standard InChI is InChI=1S/C37H40N6O5S2/c1-23-17-24(2)39-37(38-23)50-22-33(44)43(20-32-41-29(21-49-32)25-11-9-8-10-12-25)34(26-18-30(46-5)35(48-7)31(19-26)47-6)36(45)40-27-13-15-28(16-14-27)42(3)4/h8-19,21,34H,20,22H2,1-7H3,(H,40,45)/t34-/m1/s1. The number of carbonyl (C=O) groups excluding carboxylic acids is 2. The average Bonchev–Trinajstić information content (AvgIpc) is 3.58. The predicted octanol–water partition coefficient (Wildman–Crippen LogP) is 6.81. The average molecular weight is 713 g/mol. The van der Waals surface area contributed by atoms with Crippen molar-refractivity contribution in [3.8, 4) is 28.5 Å². The van der Waals surface area contributed by atoms with Crippen LogP contribution in [0.4, 0.5) is 11.4 Å². The number of methoxy groups -OCH3 is 3. The molecule has 1 N–H and O–H groups in total. The molecule has 0 fully saturated rings. The minimum absolute atomic E-state index is 0.0223. The number of aryl methyl sites for hydroxylation is 2. The first-order valence-corrected chi connectivity index (χ1v) is 17.6. The van der Waals surface area contributed by atoms with E-state index in [1.165, 1.54) is 49.3 Å². The maximum Gasteiger partial charge on any atom is 0.251 e. The summed E-state index contributed by atoms with van der Waals surface area (Å²) >= 11 is 2.64. The lowest BCUT2D eigenvalue weighted by Crippen LogP contribution is -2.42. The van der Waals surface area contributed by atoms with Crippen LogP contribution < -0.4 is 24.4 Å². The van der Waals surface area contributed by atoms with Gasteiger partial charge < -0.3 is 29.3 Å². The number of thioether (sulfide) groups is 1. The van der Waals surface area contributed by atoms with Gasteiger partial charge in [-0.25, -0.2) is 15.0 Å². The van der Waals surface area contributed by atoms with Crippen molar-refractivity contribution in [1.29, 1.82) is 0 Å². The fourth-order valence-corrected chi connectivity index (χ4v) is 6.98. The summed E-state index contributed by atoms with van der Waals surface area (Å²) in [4.78, 5) is 46.4. The molecule has 13 heteroatoms. The van der Waals surface area contributed by atoms with Crippen molar-refractivity contribution in [1.82, 2.24) is 19.9 Å². The van der Waals surface area contributed by atoms with Crippen LogP contribution in [0.1, 0.15) is 28.0 Å². The number of hydrogen-bond acceptors (Lipinski definition) is 11. The highest BCUT2D eigenvalue weighted by Gasteiger charge is 2.34. The number of nitrogens with one attached hydrogen (secondary N) is 1. The Balaban J connectivity index is 1.59. The topological polar surface area (TPSA) is 119 Å². The second kappa shape index (κ2) is 16.5. The Bertz CT molecular complexity index is 1890. The van der Waals surface area contributed by atoms with Crippen LogP contribution in [-0.2, 0) is 16.1 Å². The Hall–Kier alpha value is -5.14. The molecule has 2 heterocycles. The van der Waals surface area contributed by atoms with E-state index in [9.17, 15) is 9.59 Å². The van der Waals surface area contributed by atoms with Gasteiger partial charge in [0, 0.05) is 47.8 Å². The summed E-state index contributed by atoms with van der Waals surface area (Å²) in [5.41, 5.74) is 5.35. The molecule has 1 atom stereocenters. The molecule has 0 saturated carbocycles. The summed E-state index contributed by atoms with van der Waals surface area (Å²) in [6.07, 6.45) is 0. The molecule has 5 aromatic rings. The molecule has 0 aliphatic carbocycles. The molecule has 3 aromatic carbocycles. The van der Waals surface area contributed by atoms with Gasteiger partial charge in [-0.05, 0) is 61.9 Å². The van der Waals surface area contributed by atoms with Gasteiger partial charge in [-0.2, -0.15) is 0 Å². The van der Waals surface area contributed by atoms with E-state index in [4.69, 9.17) is 19.2 Å². The Morgan fingerprint density at radius 3 is 2.08 bits per heavy atom. The van der Waals surface area contributed by atoms with E-state index in [1.807, 2.05) is 98.9 Å². The molecule has 0 spiro atoms. The second-order valence-corrected chi connectivity index (χ2v) is 13.4. The van der Waals surface area contributed by atoms with Gasteiger partial charge in [-0.1, -0.05) is 42.1 Å². The molecule has 11 nitrogen and oxygen atoms in total. The number of carbonyl (C=O) groups is 2. The minimum atomic E-state index is -1.13. The molecule has 2 amide bonds. The molecule has 2 aromatic heterocycles. The largest absolute Gasteiger partial charge is 0.493 e. The number of anilines is 2. The fourth-order valence-electron chi connectivity index (χ4n) is 5.35. The lowest BCUT2D eigenvalue weighted by atomic mass is 10.0. The molecule has 0 bridgehead atoms. The maximum atomic E-state index is 14.5. The number of aromatic nitrogens is 3. The van der Waals surface area contributed by atoms with Crippen LogP contribution in [0.2, 0.25) is 0 Å². The summed E-state index contributed by atoms with van der Waals surface area (Å²) in [5, 5.41) is 6.12. The van der Waals surface area contributed by atoms with E-state index >= 15 is 0 Å². The summed E-state index contributed by atoms with van der Waals surface area (Å²) in [7, 11) is 8.41. The Labute approximate surface area is 300 Å². The SMILES string of the molecule is COc1cc([C@H](C(=O)Nc2ccc(N(C)C)cc2)N(Cc2nc(-c3ccccc3)cs2)C(=O)CSc2nc(C)cc(C)n2)cc(OC)c1OC. The van der Waals surface area contributed by atoms with Crippen molar-refractivity contribution in [2.45, 2.75) is 31.6 Å². The smallest absolute Gasteiger partial charge is 0.251 e. The summed E-state index contributed by atoms with van der Waals surface area (Å²) in [5.74, 6) is 0.293. The lowest BCUT2D eigenvalue weighted by molar-refractivity contribution is -0.137. The molecule has 0 unspecified atom stereocenters. The maximum absolute atomic E-state index is 14.5. The Kier molecular flexibility index (Phi) is 11.9. The number of amides is 2. The highest BCUT2D eigenvalue weighted by Crippen LogP contribution is 2.41. The Morgan fingerprint density at radius 2 is 1.50 bits per heavy atom. The van der Waals surface area contributed by atoms with Crippen LogP contribution in [0.5, 0.6) is 17.2 Å². The first-order chi connectivity index (χ1) is 24.1. The highest BCUT2D eigenvalue weighted by atomic mass is 32.2. The zero-order valence-corrected chi connectivity index (χ0v) is 30.7. The Morgan fingerprint density at radius 1 is 0.860 bits per heavy atom. The summed E-state index contributed by atoms with van der Waals surface area (Å²) < 4.78 is 16.9. The predicted molar refractivity (Wildman–Crippen MR) is 199 cm³/mol. The fraction of sp³-hybridized carbons (Fsp3) is 0.270. The number of nitrogens with zero attached hydrogens (tertiary/aromatic N) is 5. The molecular formula is C37H40N6O5S2. The molecular weight excluding hydrogens is 673 g/mol. The van der Waals surface area contributed by atoms with E-state index in [1.54, 1.807) is 12.1 Å². The molecule has 50 heavy (non-hydrogen) atoms. The third-order valence-electron chi connectivity index (χ3n) is 7.75. The number of benzene rings is 3. The zero-order valence-electron chi connectivity index (χ0n) is 29.1. The molecule has 5 rings (SSSR count). The van der Waals surface area contributed by atoms with Crippen LogP contribution in [-0.4, -0.2) is 72.8 Å². The lowest BCUT2D eigenvalue weighted by Gasteiger charge is -2.31. The van der Waals surface area contributed by atoms with Gasteiger partial charge in [0.1, 0.15) is 11.0 Å². The van der Waals surface area contributed by atoms with Crippen molar-refractivity contribution >= 4 is 46.3 Å². The third-order valence-corrected chi connectivity index (χ3v) is 9.41. The van der Waals surface area contributed by atoms with Gasteiger partial charge in [-0.15, -0.1) is 11.3 Å². The van der Waals surface area contributed by atoms with Gasteiger partial charge in [0.25, 0.3) is 5.91 Å². The monoisotopic (exact) mass is 712 g/mol. The first kappa shape index (κ1) is 36.1.